The van der Waals surface area contributed by atoms with Crippen molar-refractivity contribution in [2.75, 3.05) is 33.5 Å². The van der Waals surface area contributed by atoms with E-state index in [1.807, 2.05) is 0 Å². The molecular weight excluding hydrogens is 262 g/mol. The maximum absolute atomic E-state index is 13.6. The number of carbonyl (C=O) groups is 1. The van der Waals surface area contributed by atoms with Crippen LogP contribution < -0.4 is 4.74 Å². The molecule has 0 spiro atoms. The van der Waals surface area contributed by atoms with Gasteiger partial charge >= 0.3 is 5.97 Å². The first-order chi connectivity index (χ1) is 9.07. The predicted molar refractivity (Wildman–Crippen MR) is 61.5 cm³/mol. The highest BCUT2D eigenvalue weighted by Gasteiger charge is 2.20. The van der Waals surface area contributed by atoms with E-state index in [2.05, 4.69) is 0 Å². The van der Waals surface area contributed by atoms with Crippen LogP contribution >= 0.6 is 0 Å². The Kier molecular flexibility index (Phi) is 6.17. The van der Waals surface area contributed by atoms with E-state index in [1.54, 1.807) is 0 Å². The highest BCUT2D eigenvalue weighted by Crippen LogP contribution is 2.23. The topological polar surface area (TPSA) is 65.0 Å². The van der Waals surface area contributed by atoms with Crippen LogP contribution in [0.3, 0.4) is 0 Å². The first-order valence-corrected chi connectivity index (χ1v) is 5.48. The lowest BCUT2D eigenvalue weighted by molar-refractivity contribution is 0.0535. The van der Waals surface area contributed by atoms with Gasteiger partial charge in [0.15, 0.2) is 11.6 Å². The zero-order chi connectivity index (χ0) is 14.3. The Hall–Kier alpha value is -1.73. The molecule has 0 amide bonds. The van der Waals surface area contributed by atoms with Crippen molar-refractivity contribution in [3.8, 4) is 5.75 Å². The lowest BCUT2D eigenvalue weighted by atomic mass is 10.2. The fourth-order valence-corrected chi connectivity index (χ4v) is 1.30. The summed E-state index contributed by atoms with van der Waals surface area (Å²) in [6.45, 7) is 0.994. The molecule has 0 aromatic heterocycles. The van der Waals surface area contributed by atoms with Crippen LogP contribution in [-0.4, -0.2) is 44.6 Å². The van der Waals surface area contributed by atoms with E-state index in [-0.39, 0.29) is 19.0 Å². The van der Waals surface area contributed by atoms with Gasteiger partial charge in [0, 0.05) is 7.11 Å². The summed E-state index contributed by atoms with van der Waals surface area (Å²) in [5, 5.41) is 8.67. The van der Waals surface area contributed by atoms with Gasteiger partial charge in [0.2, 0.25) is 0 Å². The van der Waals surface area contributed by atoms with Crippen molar-refractivity contribution < 1.29 is 32.9 Å². The number of hydrogen-bond donors (Lipinski definition) is 1. The van der Waals surface area contributed by atoms with Crippen molar-refractivity contribution in [2.24, 2.45) is 0 Å². The summed E-state index contributed by atoms with van der Waals surface area (Å²) in [7, 11) is 1.53. The van der Waals surface area contributed by atoms with Gasteiger partial charge in [0.25, 0.3) is 0 Å². The summed E-state index contributed by atoms with van der Waals surface area (Å²) in [6, 6.07) is 1.87. The standard InChI is InChI=1S/C12H14F2O5/c1-17-4-5-18-6-7-19-9-3-2-8(13)10(11(9)14)12(15)16/h2-3H,4-7H2,1H3,(H,15,16). The number of hydrogen-bond acceptors (Lipinski definition) is 4. The normalized spacial score (nSPS) is 10.5. The molecule has 0 saturated carbocycles. The average molecular weight is 276 g/mol. The van der Waals surface area contributed by atoms with Gasteiger partial charge in [0.1, 0.15) is 18.0 Å². The van der Waals surface area contributed by atoms with Crippen LogP contribution in [0, 0.1) is 11.6 Å². The van der Waals surface area contributed by atoms with Crippen LogP contribution in [0.25, 0.3) is 0 Å². The maximum Gasteiger partial charge on any atom is 0.341 e. The molecular formula is C12H14F2O5. The smallest absolute Gasteiger partial charge is 0.341 e. The molecule has 1 rings (SSSR count). The molecule has 0 atom stereocenters. The molecule has 0 aliphatic heterocycles. The number of aromatic carboxylic acids is 1. The number of rotatable bonds is 8. The van der Waals surface area contributed by atoms with Gasteiger partial charge in [-0.15, -0.1) is 0 Å². The van der Waals surface area contributed by atoms with Gasteiger partial charge < -0.3 is 19.3 Å². The summed E-state index contributed by atoms with van der Waals surface area (Å²) in [5.41, 5.74) is -1.03. The molecule has 0 aliphatic rings. The molecule has 0 radical (unpaired) electrons. The number of ether oxygens (including phenoxy) is 3. The predicted octanol–water partition coefficient (Wildman–Crippen LogP) is 1.70. The quantitative estimate of drug-likeness (QED) is 0.732. The second kappa shape index (κ2) is 7.65. The van der Waals surface area contributed by atoms with Crippen molar-refractivity contribution in [2.45, 2.75) is 0 Å². The fourth-order valence-electron chi connectivity index (χ4n) is 1.30. The average Bonchev–Trinajstić information content (AvgIpc) is 2.35. The van der Waals surface area contributed by atoms with E-state index in [4.69, 9.17) is 19.3 Å². The van der Waals surface area contributed by atoms with Crippen LogP contribution in [0.2, 0.25) is 0 Å². The van der Waals surface area contributed by atoms with Gasteiger partial charge in [-0.2, -0.15) is 0 Å². The second-order valence-electron chi connectivity index (χ2n) is 3.49. The molecule has 0 fully saturated rings. The SMILES string of the molecule is COCCOCCOc1ccc(F)c(C(=O)O)c1F. The molecule has 0 heterocycles. The minimum Gasteiger partial charge on any atom is -0.488 e. The van der Waals surface area contributed by atoms with Crippen LogP contribution in [0.15, 0.2) is 12.1 Å². The summed E-state index contributed by atoms with van der Waals surface area (Å²) in [5.74, 6) is -4.39. The minimum absolute atomic E-state index is 0.0192. The van der Waals surface area contributed by atoms with Crippen molar-refractivity contribution in [1.82, 2.24) is 0 Å². The fraction of sp³-hybridized carbons (Fsp3) is 0.417. The second-order valence-corrected chi connectivity index (χ2v) is 3.49. The zero-order valence-electron chi connectivity index (χ0n) is 10.3. The summed E-state index contributed by atoms with van der Waals surface area (Å²) < 4.78 is 41.5. The monoisotopic (exact) mass is 276 g/mol. The molecule has 0 saturated heterocycles. The summed E-state index contributed by atoms with van der Waals surface area (Å²) in [4.78, 5) is 10.7. The summed E-state index contributed by atoms with van der Waals surface area (Å²) >= 11 is 0. The van der Waals surface area contributed by atoms with Gasteiger partial charge in [-0.1, -0.05) is 0 Å². The lowest BCUT2D eigenvalue weighted by Gasteiger charge is -2.09. The third-order valence-corrected chi connectivity index (χ3v) is 2.19. The maximum atomic E-state index is 13.6. The number of carboxylic acid groups (broad SMARTS) is 1. The molecule has 1 aromatic carbocycles. The van der Waals surface area contributed by atoms with Gasteiger partial charge in [-0.05, 0) is 12.1 Å². The Bertz CT molecular complexity index is 436. The van der Waals surface area contributed by atoms with Gasteiger partial charge in [-0.25, -0.2) is 13.6 Å². The van der Waals surface area contributed by atoms with Crippen LogP contribution in [0.1, 0.15) is 10.4 Å². The minimum atomic E-state index is -1.68. The van der Waals surface area contributed by atoms with E-state index in [9.17, 15) is 13.6 Å². The van der Waals surface area contributed by atoms with Crippen LogP contribution in [0.4, 0.5) is 8.78 Å². The molecule has 5 nitrogen and oxygen atoms in total. The van der Waals surface area contributed by atoms with Crippen molar-refractivity contribution >= 4 is 5.97 Å². The molecule has 1 N–H and O–H groups in total. The Balaban J connectivity index is 2.55. The first kappa shape index (κ1) is 15.3. The lowest BCUT2D eigenvalue weighted by Crippen LogP contribution is -2.12. The van der Waals surface area contributed by atoms with Gasteiger partial charge in [-0.3, -0.25) is 0 Å². The number of carboxylic acids is 1. The highest BCUT2D eigenvalue weighted by atomic mass is 19.1. The number of methoxy groups -OCH3 is 1. The Morgan fingerprint density at radius 1 is 1.21 bits per heavy atom. The van der Waals surface area contributed by atoms with E-state index in [1.165, 1.54) is 7.11 Å². The Morgan fingerprint density at radius 2 is 1.89 bits per heavy atom. The third kappa shape index (κ3) is 4.46. The Morgan fingerprint density at radius 3 is 2.53 bits per heavy atom. The van der Waals surface area contributed by atoms with Crippen LogP contribution in [-0.2, 0) is 9.47 Å². The van der Waals surface area contributed by atoms with Gasteiger partial charge in [0.05, 0.1) is 19.8 Å². The Labute approximate surface area is 108 Å². The molecule has 106 valence electrons. The molecule has 7 heteroatoms. The van der Waals surface area contributed by atoms with Crippen molar-refractivity contribution in [3.05, 3.63) is 29.3 Å². The summed E-state index contributed by atoms with van der Waals surface area (Å²) in [6.07, 6.45) is 0. The third-order valence-electron chi connectivity index (χ3n) is 2.19. The number of benzene rings is 1. The largest absolute Gasteiger partial charge is 0.488 e. The van der Waals surface area contributed by atoms with Crippen molar-refractivity contribution in [1.29, 1.82) is 0 Å². The number of halogens is 2. The molecule has 0 unspecified atom stereocenters. The van der Waals surface area contributed by atoms with E-state index < -0.39 is 23.2 Å². The molecule has 0 bridgehead atoms. The van der Waals surface area contributed by atoms with E-state index in [0.717, 1.165) is 12.1 Å². The zero-order valence-corrected chi connectivity index (χ0v) is 10.3. The molecule has 0 aliphatic carbocycles. The molecule has 19 heavy (non-hydrogen) atoms. The van der Waals surface area contributed by atoms with E-state index >= 15 is 0 Å². The van der Waals surface area contributed by atoms with E-state index in [0.29, 0.717) is 13.2 Å². The highest BCUT2D eigenvalue weighted by molar-refractivity contribution is 5.88. The molecule has 1 aromatic rings. The first-order valence-electron chi connectivity index (χ1n) is 5.48. The van der Waals surface area contributed by atoms with Crippen molar-refractivity contribution in [3.63, 3.8) is 0 Å². The van der Waals surface area contributed by atoms with Crippen LogP contribution in [0.5, 0.6) is 5.75 Å².